The second-order valence-corrected chi connectivity index (χ2v) is 4.84. The van der Waals surface area contributed by atoms with Crippen LogP contribution >= 0.6 is 0 Å². The van der Waals surface area contributed by atoms with E-state index in [2.05, 4.69) is 46.6 Å². The summed E-state index contributed by atoms with van der Waals surface area (Å²) in [5, 5.41) is 0. The number of hydrogen-bond donors (Lipinski definition) is 0. The van der Waals surface area contributed by atoms with Gasteiger partial charge < -0.3 is 4.90 Å². The van der Waals surface area contributed by atoms with Gasteiger partial charge in [-0.2, -0.15) is 0 Å². The molecule has 0 rings (SSSR count). The molecule has 1 nitrogen and oxygen atoms in total. The van der Waals surface area contributed by atoms with Gasteiger partial charge in [0.1, 0.15) is 0 Å². The Morgan fingerprint density at radius 2 is 1.38 bits per heavy atom. The van der Waals surface area contributed by atoms with Crippen LogP contribution in [0.15, 0.2) is 0 Å². The van der Waals surface area contributed by atoms with Crippen molar-refractivity contribution in [2.75, 3.05) is 13.6 Å². The monoisotopic (exact) mass is 231 g/mol. The van der Waals surface area contributed by atoms with Crippen molar-refractivity contribution >= 4 is 0 Å². The van der Waals surface area contributed by atoms with Crippen LogP contribution in [-0.2, 0) is 0 Å². The molecule has 0 heterocycles. The van der Waals surface area contributed by atoms with E-state index in [0.717, 1.165) is 0 Å². The SMILES string of the molecule is CC.CC.CCC(C)(C)CCN(C)C(C)C. The fourth-order valence-corrected chi connectivity index (χ4v) is 0.914. The van der Waals surface area contributed by atoms with Crippen LogP contribution in [0.25, 0.3) is 0 Å². The smallest absolute Gasteiger partial charge is 0.00355 e. The van der Waals surface area contributed by atoms with Crippen molar-refractivity contribution in [3.63, 3.8) is 0 Å². The van der Waals surface area contributed by atoms with E-state index in [-0.39, 0.29) is 0 Å². The third-order valence-corrected chi connectivity index (χ3v) is 2.98. The van der Waals surface area contributed by atoms with Crippen molar-refractivity contribution in [3.05, 3.63) is 0 Å². The Morgan fingerprint density at radius 3 is 1.62 bits per heavy atom. The maximum atomic E-state index is 2.41. The lowest BCUT2D eigenvalue weighted by Gasteiger charge is -2.28. The number of nitrogens with zero attached hydrogens (tertiary/aromatic N) is 1. The lowest BCUT2D eigenvalue weighted by atomic mass is 9.86. The van der Waals surface area contributed by atoms with E-state index in [4.69, 9.17) is 0 Å². The Bertz CT molecular complexity index is 117. The Labute approximate surface area is 106 Å². The van der Waals surface area contributed by atoms with Crippen LogP contribution in [0.3, 0.4) is 0 Å². The summed E-state index contributed by atoms with van der Waals surface area (Å²) in [5.74, 6) is 0. The van der Waals surface area contributed by atoms with E-state index >= 15 is 0 Å². The zero-order chi connectivity index (χ0) is 13.8. The highest BCUT2D eigenvalue weighted by Gasteiger charge is 2.16. The van der Waals surface area contributed by atoms with E-state index in [1.165, 1.54) is 19.4 Å². The largest absolute Gasteiger partial charge is 0.304 e. The Kier molecular flexibility index (Phi) is 17.3. The molecular weight excluding hydrogens is 194 g/mol. The lowest BCUT2D eigenvalue weighted by Crippen LogP contribution is -2.30. The van der Waals surface area contributed by atoms with Gasteiger partial charge in [-0.15, -0.1) is 0 Å². The van der Waals surface area contributed by atoms with Gasteiger partial charge in [0.15, 0.2) is 0 Å². The molecule has 0 aliphatic carbocycles. The molecule has 0 unspecified atom stereocenters. The molecule has 0 aliphatic rings. The first-order chi connectivity index (χ1) is 7.39. The Hall–Kier alpha value is -0.0400. The Balaban J connectivity index is -0.000000376. The van der Waals surface area contributed by atoms with Gasteiger partial charge in [-0.3, -0.25) is 0 Å². The zero-order valence-electron chi connectivity index (χ0n) is 13.6. The molecule has 0 atom stereocenters. The molecule has 0 radical (unpaired) electrons. The molecule has 0 saturated heterocycles. The summed E-state index contributed by atoms with van der Waals surface area (Å²) in [4.78, 5) is 2.41. The van der Waals surface area contributed by atoms with Crippen LogP contribution in [-0.4, -0.2) is 24.5 Å². The minimum Gasteiger partial charge on any atom is -0.304 e. The topological polar surface area (TPSA) is 3.24 Å². The summed E-state index contributed by atoms with van der Waals surface area (Å²) in [6.45, 7) is 20.7. The maximum Gasteiger partial charge on any atom is 0.00355 e. The van der Waals surface area contributed by atoms with Crippen molar-refractivity contribution in [1.29, 1.82) is 0 Å². The molecule has 0 amide bonds. The molecule has 0 aromatic rings. The third-order valence-electron chi connectivity index (χ3n) is 2.98. The second-order valence-electron chi connectivity index (χ2n) is 4.84. The van der Waals surface area contributed by atoms with Crippen LogP contribution in [0.1, 0.15) is 75.2 Å². The first kappa shape index (κ1) is 21.3. The zero-order valence-corrected chi connectivity index (χ0v) is 13.6. The third kappa shape index (κ3) is 14.0. The molecule has 0 bridgehead atoms. The average molecular weight is 231 g/mol. The van der Waals surface area contributed by atoms with Crippen LogP contribution < -0.4 is 0 Å². The number of rotatable bonds is 5. The average Bonchev–Trinajstić information content (AvgIpc) is 2.31. The van der Waals surface area contributed by atoms with Crippen molar-refractivity contribution in [1.82, 2.24) is 4.90 Å². The molecule has 0 fully saturated rings. The van der Waals surface area contributed by atoms with Crippen LogP contribution in [0.4, 0.5) is 0 Å². The highest BCUT2D eigenvalue weighted by atomic mass is 15.1. The van der Waals surface area contributed by atoms with Crippen molar-refractivity contribution < 1.29 is 0 Å². The van der Waals surface area contributed by atoms with Gasteiger partial charge in [0.2, 0.25) is 0 Å². The highest BCUT2D eigenvalue weighted by Crippen LogP contribution is 2.24. The number of hydrogen-bond acceptors (Lipinski definition) is 1. The predicted octanol–water partition coefficient (Wildman–Crippen LogP) is 5.21. The Morgan fingerprint density at radius 1 is 1.00 bits per heavy atom. The van der Waals surface area contributed by atoms with Crippen molar-refractivity contribution in [2.45, 2.75) is 81.2 Å². The molecule has 0 aromatic heterocycles. The summed E-state index contributed by atoms with van der Waals surface area (Å²) in [5.41, 5.74) is 0.517. The van der Waals surface area contributed by atoms with Gasteiger partial charge in [0.05, 0.1) is 0 Å². The van der Waals surface area contributed by atoms with E-state index in [1.807, 2.05) is 27.7 Å². The molecule has 1 heteroatoms. The predicted molar refractivity (Wildman–Crippen MR) is 79.2 cm³/mol. The van der Waals surface area contributed by atoms with Gasteiger partial charge in [-0.1, -0.05) is 54.9 Å². The molecule has 16 heavy (non-hydrogen) atoms. The molecule has 0 aromatic carbocycles. The molecule has 0 N–H and O–H groups in total. The molecule has 102 valence electrons. The van der Waals surface area contributed by atoms with E-state index < -0.39 is 0 Å². The summed E-state index contributed by atoms with van der Waals surface area (Å²) in [6, 6.07) is 0.678. The maximum absolute atomic E-state index is 2.41. The van der Waals surface area contributed by atoms with Gasteiger partial charge in [0.25, 0.3) is 0 Å². The molecule has 0 saturated carbocycles. The summed E-state index contributed by atoms with van der Waals surface area (Å²) < 4.78 is 0. The normalized spacial score (nSPS) is 10.5. The summed E-state index contributed by atoms with van der Waals surface area (Å²) in [7, 11) is 2.20. The van der Waals surface area contributed by atoms with Crippen LogP contribution in [0.5, 0.6) is 0 Å². The molecular formula is C15H37N. The van der Waals surface area contributed by atoms with Gasteiger partial charge in [-0.05, 0) is 39.3 Å². The minimum atomic E-state index is 0.517. The fourth-order valence-electron chi connectivity index (χ4n) is 0.914. The van der Waals surface area contributed by atoms with Crippen molar-refractivity contribution in [2.24, 2.45) is 5.41 Å². The van der Waals surface area contributed by atoms with Gasteiger partial charge in [0, 0.05) is 6.04 Å². The van der Waals surface area contributed by atoms with Gasteiger partial charge >= 0.3 is 0 Å². The van der Waals surface area contributed by atoms with Gasteiger partial charge in [-0.25, -0.2) is 0 Å². The van der Waals surface area contributed by atoms with Crippen LogP contribution in [0.2, 0.25) is 0 Å². The van der Waals surface area contributed by atoms with Crippen LogP contribution in [0, 0.1) is 5.41 Å². The second kappa shape index (κ2) is 13.0. The van der Waals surface area contributed by atoms with E-state index in [9.17, 15) is 0 Å². The summed E-state index contributed by atoms with van der Waals surface area (Å²) in [6.07, 6.45) is 2.58. The highest BCUT2D eigenvalue weighted by molar-refractivity contribution is 4.69. The minimum absolute atomic E-state index is 0.517. The quantitative estimate of drug-likeness (QED) is 0.628. The lowest BCUT2D eigenvalue weighted by molar-refractivity contribution is 0.213. The van der Waals surface area contributed by atoms with E-state index in [0.29, 0.717) is 11.5 Å². The standard InChI is InChI=1S/C11H25N.2C2H6/c1-7-11(4,5)8-9-12(6)10(2)3;2*1-2/h10H,7-9H2,1-6H3;2*1-2H3. The summed E-state index contributed by atoms with van der Waals surface area (Å²) >= 11 is 0. The van der Waals surface area contributed by atoms with E-state index in [1.54, 1.807) is 0 Å². The fraction of sp³-hybridized carbons (Fsp3) is 1.00. The molecule has 0 spiro atoms. The first-order valence-electron chi connectivity index (χ1n) is 7.09. The van der Waals surface area contributed by atoms with Crippen molar-refractivity contribution in [3.8, 4) is 0 Å². The first-order valence-corrected chi connectivity index (χ1v) is 7.09. The molecule has 0 aliphatic heterocycles.